The van der Waals surface area contributed by atoms with Crippen LogP contribution in [0.25, 0.3) is 11.0 Å². The summed E-state index contributed by atoms with van der Waals surface area (Å²) in [7, 11) is 0. The Morgan fingerprint density at radius 1 is 1.58 bits per heavy atom. The van der Waals surface area contributed by atoms with Crippen molar-refractivity contribution in [3.63, 3.8) is 0 Å². The highest BCUT2D eigenvalue weighted by Gasteiger charge is 2.16. The Hall–Kier alpha value is -1.98. The van der Waals surface area contributed by atoms with Crippen LogP contribution in [-0.4, -0.2) is 20.1 Å². The molecule has 0 saturated carbocycles. The molecule has 0 unspecified atom stereocenters. The summed E-state index contributed by atoms with van der Waals surface area (Å²) >= 11 is 0. The first-order valence-corrected chi connectivity index (χ1v) is 3.22. The van der Waals surface area contributed by atoms with Gasteiger partial charge in [0, 0.05) is 6.20 Å². The molecule has 0 aliphatic rings. The number of H-pyrrole nitrogens is 1. The van der Waals surface area contributed by atoms with E-state index in [0.717, 1.165) is 0 Å². The highest BCUT2D eigenvalue weighted by atomic mass is 16.6. The lowest BCUT2D eigenvalue weighted by Gasteiger charge is -1.86. The highest BCUT2D eigenvalue weighted by Crippen LogP contribution is 2.18. The Balaban J connectivity index is 2.79. The van der Waals surface area contributed by atoms with Crippen molar-refractivity contribution in [2.45, 2.75) is 0 Å². The number of rotatable bonds is 1. The predicted molar refractivity (Wildman–Crippen MR) is 40.5 cm³/mol. The fraction of sp³-hybridized carbons (Fsp3) is 0. The van der Waals surface area contributed by atoms with Crippen LogP contribution >= 0.6 is 0 Å². The molecule has 6 heteroatoms. The minimum atomic E-state index is -0.564. The molecule has 0 spiro atoms. The van der Waals surface area contributed by atoms with Crippen molar-refractivity contribution in [3.05, 3.63) is 28.4 Å². The quantitative estimate of drug-likeness (QED) is 0.500. The molecule has 6 nitrogen and oxygen atoms in total. The number of nitro groups is 1. The van der Waals surface area contributed by atoms with E-state index in [0.29, 0.717) is 11.0 Å². The summed E-state index contributed by atoms with van der Waals surface area (Å²) in [5, 5.41) is 16.4. The van der Waals surface area contributed by atoms with Crippen LogP contribution in [0.3, 0.4) is 0 Å². The molecular formula is C6H4N4O2. The molecule has 0 aromatic carbocycles. The van der Waals surface area contributed by atoms with Crippen LogP contribution in [0.1, 0.15) is 0 Å². The van der Waals surface area contributed by atoms with E-state index in [9.17, 15) is 10.1 Å². The normalized spacial score (nSPS) is 10.3. The van der Waals surface area contributed by atoms with Gasteiger partial charge in [-0.15, -0.1) is 0 Å². The average Bonchev–Trinajstić information content (AvgIpc) is 2.47. The van der Waals surface area contributed by atoms with Crippen molar-refractivity contribution in [1.29, 1.82) is 0 Å². The van der Waals surface area contributed by atoms with Crippen LogP contribution in [0.15, 0.2) is 18.3 Å². The molecular weight excluding hydrogens is 160 g/mol. The van der Waals surface area contributed by atoms with E-state index in [-0.39, 0.29) is 5.82 Å². The molecule has 2 aromatic heterocycles. The molecule has 0 atom stereocenters. The fourth-order valence-electron chi connectivity index (χ4n) is 0.967. The Bertz CT molecular complexity index is 436. The Labute approximate surface area is 66.4 Å². The van der Waals surface area contributed by atoms with E-state index in [1.807, 2.05) is 0 Å². The van der Waals surface area contributed by atoms with E-state index >= 15 is 0 Å². The maximum absolute atomic E-state index is 10.4. The maximum Gasteiger partial charge on any atom is 0.416 e. The smallest absolute Gasteiger partial charge is 0.358 e. The van der Waals surface area contributed by atoms with Crippen molar-refractivity contribution in [2.24, 2.45) is 0 Å². The van der Waals surface area contributed by atoms with Crippen molar-refractivity contribution in [1.82, 2.24) is 15.2 Å². The second kappa shape index (κ2) is 2.26. The van der Waals surface area contributed by atoms with Crippen molar-refractivity contribution in [3.8, 4) is 0 Å². The maximum atomic E-state index is 10.4. The van der Waals surface area contributed by atoms with Gasteiger partial charge in [0.05, 0.1) is 5.10 Å². The first-order valence-electron chi connectivity index (χ1n) is 3.22. The highest BCUT2D eigenvalue weighted by molar-refractivity contribution is 5.81. The second-order valence-electron chi connectivity index (χ2n) is 2.20. The molecule has 0 saturated heterocycles. The number of nitrogens with one attached hydrogen (secondary N) is 1. The van der Waals surface area contributed by atoms with Crippen LogP contribution in [0.2, 0.25) is 0 Å². The van der Waals surface area contributed by atoms with Crippen LogP contribution in [0.4, 0.5) is 5.82 Å². The number of aromatic amines is 1. The number of hydrogen-bond acceptors (Lipinski definition) is 4. The average molecular weight is 164 g/mol. The lowest BCUT2D eigenvalue weighted by atomic mass is 10.4. The van der Waals surface area contributed by atoms with E-state index in [1.165, 1.54) is 6.20 Å². The summed E-state index contributed by atoms with van der Waals surface area (Å²) < 4.78 is 0. The number of fused-ring (bicyclic) bond motifs is 1. The van der Waals surface area contributed by atoms with Gasteiger partial charge in [-0.25, -0.2) is 4.98 Å². The van der Waals surface area contributed by atoms with Gasteiger partial charge in [-0.2, -0.15) is 5.10 Å². The van der Waals surface area contributed by atoms with Crippen LogP contribution in [0, 0.1) is 10.1 Å². The van der Waals surface area contributed by atoms with Crippen molar-refractivity contribution in [2.75, 3.05) is 0 Å². The van der Waals surface area contributed by atoms with Crippen LogP contribution in [-0.2, 0) is 0 Å². The van der Waals surface area contributed by atoms with E-state index in [4.69, 9.17) is 0 Å². The van der Waals surface area contributed by atoms with E-state index < -0.39 is 4.92 Å². The molecule has 0 aliphatic heterocycles. The molecule has 2 heterocycles. The number of hydrogen-bond donors (Lipinski definition) is 1. The van der Waals surface area contributed by atoms with Gasteiger partial charge >= 0.3 is 5.82 Å². The molecule has 0 aliphatic carbocycles. The SMILES string of the molecule is O=[N+]([O-])c1n[nH]c2cccnc12. The molecule has 60 valence electrons. The zero-order chi connectivity index (χ0) is 8.55. The van der Waals surface area contributed by atoms with Crippen molar-refractivity contribution >= 4 is 16.9 Å². The Morgan fingerprint density at radius 2 is 2.42 bits per heavy atom. The number of aromatic nitrogens is 3. The molecule has 12 heavy (non-hydrogen) atoms. The van der Waals surface area contributed by atoms with Crippen LogP contribution in [0.5, 0.6) is 0 Å². The third-order valence-corrected chi connectivity index (χ3v) is 1.47. The fourth-order valence-corrected chi connectivity index (χ4v) is 0.967. The Kier molecular flexibility index (Phi) is 1.26. The predicted octanol–water partition coefficient (Wildman–Crippen LogP) is 0.866. The van der Waals surface area contributed by atoms with Crippen LogP contribution < -0.4 is 0 Å². The van der Waals surface area contributed by atoms with Gasteiger partial charge in [0.1, 0.15) is 5.52 Å². The Morgan fingerprint density at radius 3 is 3.17 bits per heavy atom. The topological polar surface area (TPSA) is 84.7 Å². The lowest BCUT2D eigenvalue weighted by Crippen LogP contribution is -1.88. The summed E-state index contributed by atoms with van der Waals surface area (Å²) in [4.78, 5) is 13.6. The largest absolute Gasteiger partial charge is 0.416 e. The van der Waals surface area contributed by atoms with Gasteiger partial charge in [0.15, 0.2) is 5.52 Å². The number of pyridine rings is 1. The molecule has 0 amide bonds. The third-order valence-electron chi connectivity index (χ3n) is 1.47. The minimum Gasteiger partial charge on any atom is -0.358 e. The van der Waals surface area contributed by atoms with Gasteiger partial charge in [0.25, 0.3) is 0 Å². The third kappa shape index (κ3) is 0.815. The standard InChI is InChI=1S/C6H4N4O2/c11-10(12)6-5-4(8-9-6)2-1-3-7-5/h1-3H,(H,8,9). The zero-order valence-corrected chi connectivity index (χ0v) is 5.89. The minimum absolute atomic E-state index is 0.231. The van der Waals surface area contributed by atoms with E-state index in [2.05, 4.69) is 15.2 Å². The lowest BCUT2D eigenvalue weighted by molar-refractivity contribution is -0.388. The van der Waals surface area contributed by atoms with Crippen molar-refractivity contribution < 1.29 is 4.92 Å². The summed E-state index contributed by atoms with van der Waals surface area (Å²) in [6.45, 7) is 0. The monoisotopic (exact) mass is 164 g/mol. The second-order valence-corrected chi connectivity index (χ2v) is 2.20. The summed E-state index contributed by atoms with van der Waals surface area (Å²) in [6, 6.07) is 3.37. The summed E-state index contributed by atoms with van der Waals surface area (Å²) in [5.74, 6) is -0.231. The van der Waals surface area contributed by atoms with Gasteiger partial charge < -0.3 is 10.1 Å². The summed E-state index contributed by atoms with van der Waals surface area (Å²) in [6.07, 6.45) is 1.49. The molecule has 0 radical (unpaired) electrons. The molecule has 0 bridgehead atoms. The molecule has 2 rings (SSSR count). The first kappa shape index (κ1) is 6.71. The van der Waals surface area contributed by atoms with Gasteiger partial charge in [-0.05, 0) is 17.1 Å². The van der Waals surface area contributed by atoms with Gasteiger partial charge in [-0.3, -0.25) is 0 Å². The zero-order valence-electron chi connectivity index (χ0n) is 5.89. The molecule has 2 aromatic rings. The van der Waals surface area contributed by atoms with Gasteiger partial charge in [-0.1, -0.05) is 0 Å². The van der Waals surface area contributed by atoms with E-state index in [1.54, 1.807) is 12.1 Å². The van der Waals surface area contributed by atoms with Gasteiger partial charge in [0.2, 0.25) is 0 Å². The number of nitrogens with zero attached hydrogens (tertiary/aromatic N) is 3. The summed E-state index contributed by atoms with van der Waals surface area (Å²) in [5.41, 5.74) is 0.867. The molecule has 1 N–H and O–H groups in total. The molecule has 0 fully saturated rings. The first-order chi connectivity index (χ1) is 5.79.